The molecule has 2 rings (SSSR count). The summed E-state index contributed by atoms with van der Waals surface area (Å²) in [5.41, 5.74) is 6.37. The summed E-state index contributed by atoms with van der Waals surface area (Å²) in [5, 5.41) is 8.18. The van der Waals surface area contributed by atoms with Crippen LogP contribution in [-0.2, 0) is 13.1 Å². The van der Waals surface area contributed by atoms with Crippen molar-refractivity contribution >= 4 is 0 Å². The van der Waals surface area contributed by atoms with E-state index in [-0.39, 0.29) is 0 Å². The Hall–Kier alpha value is -1.61. The first-order chi connectivity index (χ1) is 9.49. The fourth-order valence-electron chi connectivity index (χ4n) is 2.40. The van der Waals surface area contributed by atoms with Crippen LogP contribution < -0.4 is 5.32 Å². The van der Waals surface area contributed by atoms with E-state index in [4.69, 9.17) is 5.10 Å². The average Bonchev–Trinajstić information content (AvgIpc) is 2.65. The van der Waals surface area contributed by atoms with Crippen LogP contribution in [0.25, 0.3) is 0 Å². The van der Waals surface area contributed by atoms with Gasteiger partial charge >= 0.3 is 0 Å². The van der Waals surface area contributed by atoms with E-state index in [1.807, 2.05) is 0 Å². The Morgan fingerprint density at radius 3 is 2.50 bits per heavy atom. The molecule has 0 saturated carbocycles. The quantitative estimate of drug-likeness (QED) is 0.903. The monoisotopic (exact) mass is 271 g/mol. The number of aromatic nitrogens is 2. The molecule has 0 saturated heterocycles. The molecule has 0 fully saturated rings. The number of nitrogens with zero attached hydrogens (tertiary/aromatic N) is 2. The molecule has 0 aliphatic heterocycles. The van der Waals surface area contributed by atoms with Crippen LogP contribution in [0.15, 0.2) is 24.3 Å². The molecule has 0 aliphatic carbocycles. The smallest absolute Gasteiger partial charge is 0.0665 e. The number of hydrogen-bond acceptors (Lipinski definition) is 2. The highest BCUT2D eigenvalue weighted by atomic mass is 15.3. The Bertz CT molecular complexity index is 582. The topological polar surface area (TPSA) is 29.9 Å². The minimum Gasteiger partial charge on any atom is -0.310 e. The summed E-state index contributed by atoms with van der Waals surface area (Å²) in [6.45, 7) is 12.5. The molecule has 1 heterocycles. The number of rotatable bonds is 5. The van der Waals surface area contributed by atoms with Gasteiger partial charge in [0.2, 0.25) is 0 Å². The Morgan fingerprint density at radius 2 is 1.85 bits per heavy atom. The van der Waals surface area contributed by atoms with E-state index >= 15 is 0 Å². The Kier molecular flexibility index (Phi) is 4.61. The van der Waals surface area contributed by atoms with E-state index in [9.17, 15) is 0 Å². The van der Waals surface area contributed by atoms with Gasteiger partial charge in [-0.25, -0.2) is 0 Å². The van der Waals surface area contributed by atoms with Crippen LogP contribution in [0.4, 0.5) is 0 Å². The average molecular weight is 271 g/mol. The van der Waals surface area contributed by atoms with Gasteiger partial charge in [0.05, 0.1) is 12.2 Å². The lowest BCUT2D eigenvalue weighted by molar-refractivity contribution is 0.584. The van der Waals surface area contributed by atoms with Crippen molar-refractivity contribution in [3.63, 3.8) is 0 Å². The molecule has 1 aromatic heterocycles. The standard InChI is InChI=1S/C17H25N3/c1-12(2)18-10-17-14(4)19-20(15(17)5)11-16-9-7-6-8-13(16)3/h6-9,12,18H,10-11H2,1-5H3. The van der Waals surface area contributed by atoms with Crippen LogP contribution in [0.5, 0.6) is 0 Å². The van der Waals surface area contributed by atoms with Gasteiger partial charge in [0, 0.05) is 23.8 Å². The molecule has 108 valence electrons. The van der Waals surface area contributed by atoms with Crippen molar-refractivity contribution in [2.24, 2.45) is 0 Å². The summed E-state index contributed by atoms with van der Waals surface area (Å²) >= 11 is 0. The maximum absolute atomic E-state index is 4.70. The molecular weight excluding hydrogens is 246 g/mol. The van der Waals surface area contributed by atoms with Crippen molar-refractivity contribution < 1.29 is 0 Å². The maximum Gasteiger partial charge on any atom is 0.0665 e. The summed E-state index contributed by atoms with van der Waals surface area (Å²) in [7, 11) is 0. The van der Waals surface area contributed by atoms with E-state index in [2.05, 4.69) is 68.9 Å². The van der Waals surface area contributed by atoms with E-state index in [1.165, 1.54) is 22.4 Å². The number of nitrogens with one attached hydrogen (secondary N) is 1. The SMILES string of the molecule is Cc1ccccc1Cn1nc(C)c(CNC(C)C)c1C. The molecule has 3 heteroatoms. The van der Waals surface area contributed by atoms with E-state index < -0.39 is 0 Å². The Morgan fingerprint density at radius 1 is 1.15 bits per heavy atom. The van der Waals surface area contributed by atoms with Gasteiger partial charge in [-0.05, 0) is 31.9 Å². The van der Waals surface area contributed by atoms with Gasteiger partial charge in [0.1, 0.15) is 0 Å². The predicted octanol–water partition coefficient (Wildman–Crippen LogP) is 3.35. The van der Waals surface area contributed by atoms with Gasteiger partial charge in [-0.15, -0.1) is 0 Å². The highest BCUT2D eigenvalue weighted by Gasteiger charge is 2.12. The summed E-state index contributed by atoms with van der Waals surface area (Å²) in [6.07, 6.45) is 0. The van der Waals surface area contributed by atoms with Crippen molar-refractivity contribution in [2.45, 2.75) is 53.8 Å². The molecule has 3 nitrogen and oxygen atoms in total. The first kappa shape index (κ1) is 14.8. The summed E-state index contributed by atoms with van der Waals surface area (Å²) in [6, 6.07) is 9.00. The van der Waals surface area contributed by atoms with E-state index in [1.54, 1.807) is 0 Å². The minimum absolute atomic E-state index is 0.494. The molecule has 0 spiro atoms. The van der Waals surface area contributed by atoms with E-state index in [0.717, 1.165) is 18.8 Å². The van der Waals surface area contributed by atoms with Crippen LogP contribution in [0.2, 0.25) is 0 Å². The molecule has 0 bridgehead atoms. The third-order valence-corrected chi connectivity index (χ3v) is 3.80. The second-order valence-corrected chi connectivity index (χ2v) is 5.77. The van der Waals surface area contributed by atoms with Gasteiger partial charge in [0.15, 0.2) is 0 Å². The van der Waals surface area contributed by atoms with E-state index in [0.29, 0.717) is 6.04 Å². The van der Waals surface area contributed by atoms with Gasteiger partial charge in [0.25, 0.3) is 0 Å². The van der Waals surface area contributed by atoms with Crippen molar-refractivity contribution in [3.05, 3.63) is 52.3 Å². The molecule has 20 heavy (non-hydrogen) atoms. The molecular formula is C17H25N3. The molecule has 0 atom stereocenters. The first-order valence-corrected chi connectivity index (χ1v) is 7.29. The molecule has 1 aromatic carbocycles. The zero-order chi connectivity index (χ0) is 14.7. The van der Waals surface area contributed by atoms with Crippen molar-refractivity contribution in [3.8, 4) is 0 Å². The lowest BCUT2D eigenvalue weighted by Gasteiger charge is -2.10. The lowest BCUT2D eigenvalue weighted by atomic mass is 10.1. The molecule has 2 aromatic rings. The third kappa shape index (κ3) is 3.28. The summed E-state index contributed by atoms with van der Waals surface area (Å²) in [5.74, 6) is 0. The highest BCUT2D eigenvalue weighted by molar-refractivity contribution is 5.29. The Balaban J connectivity index is 2.21. The summed E-state index contributed by atoms with van der Waals surface area (Å²) in [4.78, 5) is 0. The van der Waals surface area contributed by atoms with Gasteiger partial charge in [-0.1, -0.05) is 38.1 Å². The second-order valence-electron chi connectivity index (χ2n) is 5.77. The van der Waals surface area contributed by atoms with Gasteiger partial charge < -0.3 is 5.32 Å². The molecule has 0 unspecified atom stereocenters. The molecule has 0 radical (unpaired) electrons. The number of aryl methyl sites for hydroxylation is 2. The normalized spacial score (nSPS) is 11.3. The zero-order valence-electron chi connectivity index (χ0n) is 13.2. The third-order valence-electron chi connectivity index (χ3n) is 3.80. The number of hydrogen-bond donors (Lipinski definition) is 1. The predicted molar refractivity (Wildman–Crippen MR) is 84.0 cm³/mol. The van der Waals surface area contributed by atoms with Gasteiger partial charge in [-0.3, -0.25) is 4.68 Å². The maximum atomic E-state index is 4.70. The minimum atomic E-state index is 0.494. The summed E-state index contributed by atoms with van der Waals surface area (Å²) < 4.78 is 2.12. The highest BCUT2D eigenvalue weighted by Crippen LogP contribution is 2.16. The van der Waals surface area contributed by atoms with Crippen LogP contribution >= 0.6 is 0 Å². The zero-order valence-corrected chi connectivity index (χ0v) is 13.2. The number of benzene rings is 1. The second kappa shape index (κ2) is 6.23. The van der Waals surface area contributed by atoms with Gasteiger partial charge in [-0.2, -0.15) is 5.10 Å². The molecule has 1 N–H and O–H groups in total. The van der Waals surface area contributed by atoms with Crippen LogP contribution in [0, 0.1) is 20.8 Å². The van der Waals surface area contributed by atoms with Crippen LogP contribution in [0.1, 0.15) is 41.9 Å². The van der Waals surface area contributed by atoms with Crippen LogP contribution in [-0.4, -0.2) is 15.8 Å². The fourth-order valence-corrected chi connectivity index (χ4v) is 2.40. The van der Waals surface area contributed by atoms with Crippen molar-refractivity contribution in [1.29, 1.82) is 0 Å². The molecule has 0 aliphatic rings. The van der Waals surface area contributed by atoms with Crippen LogP contribution in [0.3, 0.4) is 0 Å². The van der Waals surface area contributed by atoms with Crippen molar-refractivity contribution in [2.75, 3.05) is 0 Å². The largest absolute Gasteiger partial charge is 0.310 e. The first-order valence-electron chi connectivity index (χ1n) is 7.29. The van der Waals surface area contributed by atoms with Crippen molar-refractivity contribution in [1.82, 2.24) is 15.1 Å². The Labute approximate surface area is 122 Å². The molecule has 0 amide bonds. The lowest BCUT2D eigenvalue weighted by Crippen LogP contribution is -2.22. The fraction of sp³-hybridized carbons (Fsp3) is 0.471.